The highest BCUT2D eigenvalue weighted by molar-refractivity contribution is 5.92. The van der Waals surface area contributed by atoms with E-state index in [0.717, 1.165) is 12.3 Å². The van der Waals surface area contributed by atoms with E-state index in [4.69, 9.17) is 0 Å². The summed E-state index contributed by atoms with van der Waals surface area (Å²) in [5.41, 5.74) is 0.868. The number of alkyl halides is 3. The summed E-state index contributed by atoms with van der Waals surface area (Å²) in [7, 11) is 0. The Balaban J connectivity index is 1.82. The predicted molar refractivity (Wildman–Crippen MR) is 94.1 cm³/mol. The van der Waals surface area contributed by atoms with Crippen LogP contribution in [0.2, 0.25) is 0 Å². The van der Waals surface area contributed by atoms with Gasteiger partial charge in [-0.15, -0.1) is 0 Å². The van der Waals surface area contributed by atoms with Gasteiger partial charge in [-0.3, -0.25) is 4.79 Å². The van der Waals surface area contributed by atoms with E-state index in [-0.39, 0.29) is 23.8 Å². The number of rotatable bonds is 4. The van der Waals surface area contributed by atoms with Gasteiger partial charge in [-0.05, 0) is 38.1 Å². The summed E-state index contributed by atoms with van der Waals surface area (Å²) in [6.07, 6.45) is -2.35. The van der Waals surface area contributed by atoms with Gasteiger partial charge in [0.05, 0.1) is 17.7 Å². The van der Waals surface area contributed by atoms with E-state index in [1.807, 2.05) is 0 Å². The molecule has 0 radical (unpaired) electrons. The van der Waals surface area contributed by atoms with Gasteiger partial charge in [-0.25, -0.2) is 14.6 Å². The lowest BCUT2D eigenvalue weighted by molar-refractivity contribution is -0.137. The molecule has 0 saturated heterocycles. The Morgan fingerprint density at radius 1 is 1.21 bits per heavy atom. The van der Waals surface area contributed by atoms with Crippen LogP contribution in [0.1, 0.15) is 22.5 Å². The average molecular weight is 391 g/mol. The fourth-order valence-electron chi connectivity index (χ4n) is 2.66. The van der Waals surface area contributed by atoms with Crippen LogP contribution in [0.3, 0.4) is 0 Å². The number of aromatic hydroxyl groups is 1. The number of anilines is 1. The summed E-state index contributed by atoms with van der Waals surface area (Å²) >= 11 is 0. The molecule has 3 heterocycles. The maximum absolute atomic E-state index is 12.7. The molecule has 0 saturated carbocycles. The van der Waals surface area contributed by atoms with E-state index in [0.29, 0.717) is 17.0 Å². The van der Waals surface area contributed by atoms with E-state index in [1.165, 1.54) is 29.1 Å². The quantitative estimate of drug-likeness (QED) is 0.713. The average Bonchev–Trinajstić information content (AvgIpc) is 2.91. The number of aromatic nitrogens is 4. The van der Waals surface area contributed by atoms with Crippen molar-refractivity contribution in [2.45, 2.75) is 26.4 Å². The van der Waals surface area contributed by atoms with E-state index in [9.17, 15) is 23.1 Å². The number of hydrogen-bond donors (Lipinski definition) is 2. The smallest absolute Gasteiger partial charge is 0.417 e. The number of aryl methyl sites for hydroxylation is 1. The summed E-state index contributed by atoms with van der Waals surface area (Å²) in [5.74, 6) is -0.323. The molecule has 3 rings (SSSR count). The van der Waals surface area contributed by atoms with Crippen molar-refractivity contribution in [2.75, 3.05) is 5.32 Å². The fraction of sp³-hybridized carbons (Fsp3) is 0.222. The molecule has 0 fully saturated rings. The molecule has 10 heteroatoms. The zero-order chi connectivity index (χ0) is 20.5. The molecule has 2 N–H and O–H groups in total. The number of nitrogens with zero attached hydrogens (tertiary/aromatic N) is 4. The van der Waals surface area contributed by atoms with E-state index < -0.39 is 17.6 Å². The number of nitrogens with one attached hydrogen (secondary N) is 1. The van der Waals surface area contributed by atoms with Crippen LogP contribution in [-0.4, -0.2) is 30.8 Å². The second-order valence-electron chi connectivity index (χ2n) is 6.06. The lowest BCUT2D eigenvalue weighted by Crippen LogP contribution is -2.16. The van der Waals surface area contributed by atoms with Crippen molar-refractivity contribution >= 4 is 11.7 Å². The van der Waals surface area contributed by atoms with Crippen molar-refractivity contribution in [1.29, 1.82) is 0 Å². The second kappa shape index (κ2) is 7.29. The minimum atomic E-state index is -4.47. The molecule has 146 valence electrons. The molecule has 3 aromatic rings. The van der Waals surface area contributed by atoms with Gasteiger partial charge in [0.15, 0.2) is 17.4 Å². The summed E-state index contributed by atoms with van der Waals surface area (Å²) in [6, 6.07) is 5.07. The first-order chi connectivity index (χ1) is 13.2. The standard InChI is InChI=1S/C18H16F3N5O2/c1-10-13(8-16(28)24-17-14(27)4-3-7-22-17)11(2)26(25-10)15-6-5-12(9-23-15)18(19,20)21/h3-7,9,27H,8H2,1-2H3,(H,22,24,28). The maximum Gasteiger partial charge on any atom is 0.417 e. The number of pyridine rings is 2. The predicted octanol–water partition coefficient (Wildman–Crippen LogP) is 3.18. The van der Waals surface area contributed by atoms with Crippen LogP contribution >= 0.6 is 0 Å². The lowest BCUT2D eigenvalue weighted by Gasteiger charge is -2.08. The van der Waals surface area contributed by atoms with Crippen LogP contribution < -0.4 is 5.32 Å². The Kier molecular flexibility index (Phi) is 5.04. The van der Waals surface area contributed by atoms with Gasteiger partial charge in [0.25, 0.3) is 0 Å². The topological polar surface area (TPSA) is 92.9 Å². The summed E-state index contributed by atoms with van der Waals surface area (Å²) < 4.78 is 39.5. The summed E-state index contributed by atoms with van der Waals surface area (Å²) in [5, 5.41) is 16.5. The van der Waals surface area contributed by atoms with Crippen molar-refractivity contribution in [3.63, 3.8) is 0 Å². The van der Waals surface area contributed by atoms with E-state index >= 15 is 0 Å². The third kappa shape index (κ3) is 3.95. The second-order valence-corrected chi connectivity index (χ2v) is 6.06. The van der Waals surface area contributed by atoms with Crippen LogP contribution in [0.4, 0.5) is 19.0 Å². The monoisotopic (exact) mass is 391 g/mol. The molecule has 7 nitrogen and oxygen atoms in total. The number of carbonyl (C=O) groups is 1. The molecule has 0 aliphatic rings. The summed E-state index contributed by atoms with van der Waals surface area (Å²) in [6.45, 7) is 3.38. The molecule has 0 unspecified atom stereocenters. The van der Waals surface area contributed by atoms with Crippen LogP contribution in [0.15, 0.2) is 36.7 Å². The molecule has 3 aromatic heterocycles. The minimum Gasteiger partial charge on any atom is -0.504 e. The fourth-order valence-corrected chi connectivity index (χ4v) is 2.66. The van der Waals surface area contributed by atoms with Crippen LogP contribution in [0.5, 0.6) is 5.75 Å². The van der Waals surface area contributed by atoms with Crippen molar-refractivity contribution in [3.8, 4) is 11.6 Å². The van der Waals surface area contributed by atoms with E-state index in [1.54, 1.807) is 13.8 Å². The van der Waals surface area contributed by atoms with Gasteiger partial charge in [0, 0.05) is 23.7 Å². The Morgan fingerprint density at radius 3 is 2.57 bits per heavy atom. The third-order valence-corrected chi connectivity index (χ3v) is 4.11. The first-order valence-corrected chi connectivity index (χ1v) is 8.19. The van der Waals surface area contributed by atoms with Gasteiger partial charge in [-0.2, -0.15) is 18.3 Å². The molecule has 0 aromatic carbocycles. The molecular formula is C18H16F3N5O2. The maximum atomic E-state index is 12.7. The molecule has 28 heavy (non-hydrogen) atoms. The molecule has 0 bridgehead atoms. The molecule has 0 atom stereocenters. The number of amides is 1. The van der Waals surface area contributed by atoms with Gasteiger partial charge in [0.1, 0.15) is 0 Å². The van der Waals surface area contributed by atoms with Crippen molar-refractivity contribution in [3.05, 3.63) is 59.2 Å². The zero-order valence-electron chi connectivity index (χ0n) is 14.9. The largest absolute Gasteiger partial charge is 0.504 e. The van der Waals surface area contributed by atoms with Gasteiger partial charge >= 0.3 is 6.18 Å². The Bertz CT molecular complexity index is 1010. The SMILES string of the molecule is Cc1nn(-c2ccc(C(F)(F)F)cn2)c(C)c1CC(=O)Nc1ncccc1O. The number of carbonyl (C=O) groups excluding carboxylic acids is 1. The van der Waals surface area contributed by atoms with Crippen LogP contribution in [-0.2, 0) is 17.4 Å². The van der Waals surface area contributed by atoms with Crippen LogP contribution in [0.25, 0.3) is 5.82 Å². The van der Waals surface area contributed by atoms with Gasteiger partial charge in [-0.1, -0.05) is 0 Å². The number of hydrogen-bond acceptors (Lipinski definition) is 5. The first kappa shape index (κ1) is 19.3. The molecule has 0 aliphatic heterocycles. The molecule has 0 aliphatic carbocycles. The highest BCUT2D eigenvalue weighted by Gasteiger charge is 2.30. The lowest BCUT2D eigenvalue weighted by atomic mass is 10.1. The number of halogens is 3. The van der Waals surface area contributed by atoms with E-state index in [2.05, 4.69) is 20.4 Å². The Morgan fingerprint density at radius 2 is 1.96 bits per heavy atom. The Hall–Kier alpha value is -3.43. The first-order valence-electron chi connectivity index (χ1n) is 8.19. The van der Waals surface area contributed by atoms with Crippen molar-refractivity contribution < 1.29 is 23.1 Å². The highest BCUT2D eigenvalue weighted by Crippen LogP contribution is 2.29. The molecular weight excluding hydrogens is 375 g/mol. The van der Waals surface area contributed by atoms with Crippen LogP contribution in [0, 0.1) is 13.8 Å². The van der Waals surface area contributed by atoms with Crippen molar-refractivity contribution in [2.24, 2.45) is 0 Å². The zero-order valence-corrected chi connectivity index (χ0v) is 14.9. The molecule has 1 amide bonds. The normalized spacial score (nSPS) is 11.5. The van der Waals surface area contributed by atoms with Gasteiger partial charge in [0.2, 0.25) is 5.91 Å². The third-order valence-electron chi connectivity index (χ3n) is 4.11. The molecule has 0 spiro atoms. The summed E-state index contributed by atoms with van der Waals surface area (Å²) in [4.78, 5) is 20.0. The van der Waals surface area contributed by atoms with Crippen molar-refractivity contribution in [1.82, 2.24) is 19.7 Å². The van der Waals surface area contributed by atoms with Gasteiger partial charge < -0.3 is 10.4 Å². The Labute approximate surface area is 157 Å². The minimum absolute atomic E-state index is 0.0413. The highest BCUT2D eigenvalue weighted by atomic mass is 19.4.